The Balaban J connectivity index is 1.48. The number of carbonyl (C=O) groups is 1. The van der Waals surface area contributed by atoms with E-state index in [2.05, 4.69) is 10.3 Å². The Morgan fingerprint density at radius 1 is 1.27 bits per heavy atom. The van der Waals surface area contributed by atoms with Gasteiger partial charge in [0.05, 0.1) is 10.7 Å². The normalized spacial score (nSPS) is 16.2. The summed E-state index contributed by atoms with van der Waals surface area (Å²) in [5.74, 6) is -0.700. The van der Waals surface area contributed by atoms with E-state index in [-0.39, 0.29) is 16.8 Å². The summed E-state index contributed by atoms with van der Waals surface area (Å²) in [5, 5.41) is 3.80. The van der Waals surface area contributed by atoms with E-state index in [0.717, 1.165) is 34.0 Å². The van der Waals surface area contributed by atoms with Crippen molar-refractivity contribution in [2.75, 3.05) is 5.32 Å². The SMILES string of the molecule is O=C(Nc1ccc(F)c(Cl)c1)C1CCc2nc(-c3ccncc3)sc2C1. The second-order valence-corrected chi connectivity index (χ2v) is 7.67. The van der Waals surface area contributed by atoms with E-state index in [4.69, 9.17) is 16.6 Å². The summed E-state index contributed by atoms with van der Waals surface area (Å²) < 4.78 is 13.2. The second kappa shape index (κ2) is 7.13. The van der Waals surface area contributed by atoms with E-state index in [9.17, 15) is 9.18 Å². The molecule has 0 radical (unpaired) electrons. The first-order valence-electron chi connectivity index (χ1n) is 8.25. The predicted octanol–water partition coefficient (Wildman–Crippen LogP) is 4.74. The summed E-state index contributed by atoms with van der Waals surface area (Å²) >= 11 is 7.40. The first kappa shape index (κ1) is 17.1. The highest BCUT2D eigenvalue weighted by atomic mass is 35.5. The van der Waals surface area contributed by atoms with Gasteiger partial charge < -0.3 is 5.32 Å². The third kappa shape index (κ3) is 3.48. The van der Waals surface area contributed by atoms with Crippen LogP contribution in [0.4, 0.5) is 10.1 Å². The van der Waals surface area contributed by atoms with Gasteiger partial charge in [-0.3, -0.25) is 9.78 Å². The smallest absolute Gasteiger partial charge is 0.227 e. The number of carbonyl (C=O) groups excluding carboxylic acids is 1. The zero-order chi connectivity index (χ0) is 18.1. The molecule has 1 aliphatic carbocycles. The molecule has 0 saturated heterocycles. The van der Waals surface area contributed by atoms with Crippen LogP contribution >= 0.6 is 22.9 Å². The third-order valence-corrected chi connectivity index (χ3v) is 5.88. The number of hydrogen-bond donors (Lipinski definition) is 1. The fourth-order valence-corrected chi connectivity index (χ4v) is 4.41. The van der Waals surface area contributed by atoms with Gasteiger partial charge in [0.25, 0.3) is 0 Å². The van der Waals surface area contributed by atoms with Crippen LogP contribution in [0.25, 0.3) is 10.6 Å². The molecule has 1 atom stereocenters. The number of nitrogens with one attached hydrogen (secondary N) is 1. The number of benzene rings is 1. The summed E-state index contributed by atoms with van der Waals surface area (Å²) in [7, 11) is 0. The maximum Gasteiger partial charge on any atom is 0.227 e. The first-order chi connectivity index (χ1) is 12.6. The molecule has 26 heavy (non-hydrogen) atoms. The Labute approximate surface area is 159 Å². The first-order valence-corrected chi connectivity index (χ1v) is 9.44. The Kier molecular flexibility index (Phi) is 4.70. The summed E-state index contributed by atoms with van der Waals surface area (Å²) in [6, 6.07) is 8.07. The van der Waals surface area contributed by atoms with Crippen molar-refractivity contribution in [3.8, 4) is 10.6 Å². The van der Waals surface area contributed by atoms with E-state index in [0.29, 0.717) is 12.1 Å². The molecular weight excluding hydrogens is 373 g/mol. The molecule has 2 heterocycles. The fraction of sp³-hybridized carbons (Fsp3) is 0.211. The highest BCUT2D eigenvalue weighted by Crippen LogP contribution is 2.35. The molecule has 2 aromatic heterocycles. The Bertz CT molecular complexity index is 961. The predicted molar refractivity (Wildman–Crippen MR) is 101 cm³/mol. The monoisotopic (exact) mass is 387 g/mol. The van der Waals surface area contributed by atoms with Gasteiger partial charge in [-0.25, -0.2) is 9.37 Å². The third-order valence-electron chi connectivity index (χ3n) is 4.42. The van der Waals surface area contributed by atoms with Gasteiger partial charge >= 0.3 is 0 Å². The Hall–Kier alpha value is -2.31. The van der Waals surface area contributed by atoms with Gasteiger partial charge in [0.15, 0.2) is 0 Å². The molecule has 0 fully saturated rings. The Morgan fingerprint density at radius 2 is 2.08 bits per heavy atom. The molecule has 132 valence electrons. The topological polar surface area (TPSA) is 54.9 Å². The number of thiazole rings is 1. The highest BCUT2D eigenvalue weighted by Gasteiger charge is 2.28. The van der Waals surface area contributed by atoms with Crippen LogP contribution in [0.5, 0.6) is 0 Å². The minimum absolute atomic E-state index is 0.00169. The van der Waals surface area contributed by atoms with Crippen LogP contribution < -0.4 is 5.32 Å². The number of rotatable bonds is 3. The zero-order valence-corrected chi connectivity index (χ0v) is 15.3. The van der Waals surface area contributed by atoms with E-state index < -0.39 is 5.82 Å². The molecule has 0 spiro atoms. The number of anilines is 1. The number of halogens is 2. The minimum Gasteiger partial charge on any atom is -0.326 e. The quantitative estimate of drug-likeness (QED) is 0.706. The molecule has 0 saturated carbocycles. The number of aryl methyl sites for hydroxylation is 1. The van der Waals surface area contributed by atoms with Gasteiger partial charge in [-0.2, -0.15) is 0 Å². The molecule has 1 N–H and O–H groups in total. The number of amides is 1. The van der Waals surface area contributed by atoms with Crippen molar-refractivity contribution in [3.05, 3.63) is 64.1 Å². The van der Waals surface area contributed by atoms with Gasteiger partial charge in [0.1, 0.15) is 10.8 Å². The van der Waals surface area contributed by atoms with Gasteiger partial charge in [0.2, 0.25) is 5.91 Å². The lowest BCUT2D eigenvalue weighted by atomic mass is 9.90. The molecule has 1 aliphatic rings. The molecule has 1 unspecified atom stereocenters. The maximum atomic E-state index is 13.2. The van der Waals surface area contributed by atoms with Gasteiger partial charge in [-0.15, -0.1) is 11.3 Å². The lowest BCUT2D eigenvalue weighted by Gasteiger charge is -2.20. The van der Waals surface area contributed by atoms with Crippen molar-refractivity contribution in [1.82, 2.24) is 9.97 Å². The number of pyridine rings is 1. The van der Waals surface area contributed by atoms with Crippen LogP contribution in [-0.2, 0) is 17.6 Å². The average molecular weight is 388 g/mol. The molecule has 0 aliphatic heterocycles. The largest absolute Gasteiger partial charge is 0.326 e. The van der Waals surface area contributed by atoms with Crippen molar-refractivity contribution >= 4 is 34.5 Å². The molecule has 4 rings (SSSR count). The van der Waals surface area contributed by atoms with Crippen LogP contribution in [-0.4, -0.2) is 15.9 Å². The van der Waals surface area contributed by atoms with Gasteiger partial charge in [-0.05, 0) is 49.6 Å². The number of aromatic nitrogens is 2. The molecule has 4 nitrogen and oxygen atoms in total. The number of nitrogens with zero attached hydrogens (tertiary/aromatic N) is 2. The maximum absolute atomic E-state index is 13.2. The van der Waals surface area contributed by atoms with E-state index in [1.165, 1.54) is 18.2 Å². The van der Waals surface area contributed by atoms with Gasteiger partial charge in [-0.1, -0.05) is 11.6 Å². The van der Waals surface area contributed by atoms with Crippen molar-refractivity contribution in [2.24, 2.45) is 5.92 Å². The molecule has 7 heteroatoms. The molecular formula is C19H15ClFN3OS. The van der Waals surface area contributed by atoms with E-state index >= 15 is 0 Å². The van der Waals surface area contributed by atoms with Crippen molar-refractivity contribution in [1.29, 1.82) is 0 Å². The molecule has 0 bridgehead atoms. The lowest BCUT2D eigenvalue weighted by Crippen LogP contribution is -2.27. The van der Waals surface area contributed by atoms with Crippen molar-refractivity contribution in [3.63, 3.8) is 0 Å². The average Bonchev–Trinajstić information content (AvgIpc) is 3.09. The van der Waals surface area contributed by atoms with Crippen LogP contribution in [0.3, 0.4) is 0 Å². The molecule has 1 amide bonds. The van der Waals surface area contributed by atoms with Crippen molar-refractivity contribution in [2.45, 2.75) is 19.3 Å². The Morgan fingerprint density at radius 3 is 2.85 bits per heavy atom. The fourth-order valence-electron chi connectivity index (χ4n) is 3.03. The highest BCUT2D eigenvalue weighted by molar-refractivity contribution is 7.15. The van der Waals surface area contributed by atoms with Crippen LogP contribution in [0.15, 0.2) is 42.7 Å². The van der Waals surface area contributed by atoms with E-state index in [1.54, 1.807) is 23.7 Å². The van der Waals surface area contributed by atoms with Crippen LogP contribution in [0, 0.1) is 11.7 Å². The summed E-state index contributed by atoms with van der Waals surface area (Å²) in [6.45, 7) is 0. The second-order valence-electron chi connectivity index (χ2n) is 6.18. The number of fused-ring (bicyclic) bond motifs is 1. The lowest BCUT2D eigenvalue weighted by molar-refractivity contribution is -0.120. The van der Waals surface area contributed by atoms with E-state index in [1.807, 2.05) is 12.1 Å². The van der Waals surface area contributed by atoms with Gasteiger partial charge in [0, 0.05) is 34.4 Å². The summed E-state index contributed by atoms with van der Waals surface area (Å²) in [4.78, 5) is 22.5. The van der Waals surface area contributed by atoms with Crippen LogP contribution in [0.2, 0.25) is 5.02 Å². The van der Waals surface area contributed by atoms with Crippen molar-refractivity contribution < 1.29 is 9.18 Å². The minimum atomic E-state index is -0.500. The number of hydrogen-bond acceptors (Lipinski definition) is 4. The molecule has 1 aromatic carbocycles. The van der Waals surface area contributed by atoms with Crippen LogP contribution in [0.1, 0.15) is 17.0 Å². The zero-order valence-electron chi connectivity index (χ0n) is 13.7. The standard InChI is InChI=1S/C19H15ClFN3OS/c20-14-10-13(2-3-15(14)21)23-18(25)12-1-4-16-17(9-12)26-19(24-16)11-5-7-22-8-6-11/h2-3,5-8,10,12H,1,4,9H2,(H,23,25). The summed E-state index contributed by atoms with van der Waals surface area (Å²) in [6.07, 6.45) is 5.69. The summed E-state index contributed by atoms with van der Waals surface area (Å²) in [5.41, 5.74) is 2.63. The molecule has 3 aromatic rings.